The van der Waals surface area contributed by atoms with Crippen molar-refractivity contribution < 1.29 is 14.7 Å². The largest absolute Gasteiger partial charge is 0.481 e. The second-order valence-corrected chi connectivity index (χ2v) is 9.90. The van der Waals surface area contributed by atoms with E-state index in [0.717, 1.165) is 24.0 Å². The topological polar surface area (TPSA) is 118 Å². The highest BCUT2D eigenvalue weighted by Gasteiger charge is 2.40. The minimum absolute atomic E-state index is 0.00543. The van der Waals surface area contributed by atoms with Crippen molar-refractivity contribution >= 4 is 12.0 Å². The van der Waals surface area contributed by atoms with Crippen LogP contribution >= 0.6 is 0 Å². The Hall–Kier alpha value is -2.99. The van der Waals surface area contributed by atoms with Crippen LogP contribution in [0.25, 0.3) is 10.4 Å². The number of carboxylic acids is 1. The number of carbonyl (C=O) groups excluding carboxylic acids is 1. The lowest BCUT2D eigenvalue weighted by Gasteiger charge is -2.42. The van der Waals surface area contributed by atoms with E-state index in [2.05, 4.69) is 48.2 Å². The zero-order valence-electron chi connectivity index (χ0n) is 19.8. The fraction of sp³-hybridized carbons (Fsp3) is 0.583. The van der Waals surface area contributed by atoms with Crippen molar-refractivity contribution in [3.05, 3.63) is 57.6 Å². The molecule has 1 aromatic carbocycles. The highest BCUT2D eigenvalue weighted by Crippen LogP contribution is 2.37. The molecule has 174 valence electrons. The Kier molecular flexibility index (Phi) is 8.33. The number of amides is 2. The summed E-state index contributed by atoms with van der Waals surface area (Å²) in [7, 11) is 0. The molecule has 0 aliphatic carbocycles. The van der Waals surface area contributed by atoms with E-state index in [4.69, 9.17) is 10.6 Å². The second-order valence-electron chi connectivity index (χ2n) is 9.90. The van der Waals surface area contributed by atoms with E-state index in [-0.39, 0.29) is 30.3 Å². The summed E-state index contributed by atoms with van der Waals surface area (Å²) in [5.74, 6) is -1.00. The molecule has 0 spiro atoms. The number of aliphatic carboxylic acids is 1. The van der Waals surface area contributed by atoms with E-state index < -0.39 is 11.5 Å². The van der Waals surface area contributed by atoms with Crippen molar-refractivity contribution in [3.8, 4) is 0 Å². The van der Waals surface area contributed by atoms with Gasteiger partial charge in [-0.05, 0) is 59.8 Å². The molecule has 0 bridgehead atoms. The van der Waals surface area contributed by atoms with E-state index >= 15 is 0 Å². The number of carbonyl (C=O) groups is 2. The number of benzene rings is 1. The van der Waals surface area contributed by atoms with Crippen molar-refractivity contribution in [3.63, 3.8) is 0 Å². The van der Waals surface area contributed by atoms with Crippen LogP contribution in [0, 0.1) is 11.3 Å². The van der Waals surface area contributed by atoms with Crippen molar-refractivity contribution in [1.29, 1.82) is 0 Å². The van der Waals surface area contributed by atoms with Gasteiger partial charge < -0.3 is 15.3 Å². The molecule has 0 aromatic heterocycles. The van der Waals surface area contributed by atoms with Crippen molar-refractivity contribution in [1.82, 2.24) is 10.2 Å². The van der Waals surface area contributed by atoms with Gasteiger partial charge in [0.2, 0.25) is 0 Å². The maximum Gasteiger partial charge on any atom is 0.322 e. The smallest absolute Gasteiger partial charge is 0.322 e. The van der Waals surface area contributed by atoms with Crippen LogP contribution in [-0.4, -0.2) is 35.1 Å². The number of carboxylic acid groups (broad SMARTS) is 1. The summed E-state index contributed by atoms with van der Waals surface area (Å²) in [4.78, 5) is 28.1. The molecule has 1 aliphatic rings. The molecule has 0 fully saturated rings. The predicted molar refractivity (Wildman–Crippen MR) is 125 cm³/mol. The van der Waals surface area contributed by atoms with Gasteiger partial charge in [0.15, 0.2) is 0 Å². The number of aryl methyl sites for hydroxylation is 1. The molecule has 2 atom stereocenters. The van der Waals surface area contributed by atoms with Crippen molar-refractivity contribution in [2.75, 3.05) is 13.1 Å². The summed E-state index contributed by atoms with van der Waals surface area (Å²) in [6.07, 6.45) is 4.22. The lowest BCUT2D eigenvalue weighted by atomic mass is 9.77. The Morgan fingerprint density at radius 1 is 1.31 bits per heavy atom. The predicted octanol–water partition coefficient (Wildman–Crippen LogP) is 5.60. The molecule has 8 nitrogen and oxygen atoms in total. The molecule has 32 heavy (non-hydrogen) atoms. The molecule has 1 aliphatic heterocycles. The maximum atomic E-state index is 12.9. The zero-order valence-corrected chi connectivity index (χ0v) is 19.8. The monoisotopic (exact) mass is 441 g/mol. The van der Waals surface area contributed by atoms with Gasteiger partial charge in [0, 0.05) is 30.6 Å². The third-order valence-electron chi connectivity index (χ3n) is 5.92. The minimum Gasteiger partial charge on any atom is -0.481 e. The molecule has 2 amide bonds. The van der Waals surface area contributed by atoms with Gasteiger partial charge in [-0.1, -0.05) is 57.1 Å². The molecule has 0 saturated heterocycles. The van der Waals surface area contributed by atoms with Gasteiger partial charge in [-0.2, -0.15) is 0 Å². The molecule has 1 heterocycles. The number of nitrogens with one attached hydrogen (secondary N) is 1. The highest BCUT2D eigenvalue weighted by atomic mass is 16.4. The van der Waals surface area contributed by atoms with E-state index in [1.54, 1.807) is 6.20 Å². The van der Waals surface area contributed by atoms with E-state index in [1.165, 1.54) is 10.5 Å². The van der Waals surface area contributed by atoms with E-state index in [9.17, 15) is 9.59 Å². The number of hydrogen-bond acceptors (Lipinski definition) is 3. The van der Waals surface area contributed by atoms with Crippen LogP contribution in [0.5, 0.6) is 0 Å². The van der Waals surface area contributed by atoms with Crippen molar-refractivity contribution in [2.45, 2.75) is 65.8 Å². The van der Waals surface area contributed by atoms with Gasteiger partial charge >= 0.3 is 12.0 Å². The fourth-order valence-electron chi connectivity index (χ4n) is 3.92. The first-order chi connectivity index (χ1) is 15.0. The zero-order chi connectivity index (χ0) is 23.9. The second kappa shape index (κ2) is 10.6. The number of azide groups is 1. The third kappa shape index (κ3) is 6.76. The van der Waals surface area contributed by atoms with Crippen molar-refractivity contribution in [2.24, 2.45) is 16.4 Å². The van der Waals surface area contributed by atoms with Crippen LogP contribution in [0.4, 0.5) is 4.79 Å². The van der Waals surface area contributed by atoms with Gasteiger partial charge in [0.1, 0.15) is 0 Å². The number of nitrogens with zero attached hydrogens (tertiary/aromatic N) is 4. The molecule has 2 unspecified atom stereocenters. The summed E-state index contributed by atoms with van der Waals surface area (Å²) < 4.78 is 0. The lowest BCUT2D eigenvalue weighted by molar-refractivity contribution is -0.137. The molecule has 2 N–H and O–H groups in total. The van der Waals surface area contributed by atoms with Gasteiger partial charge in [-0.15, -0.1) is 0 Å². The summed E-state index contributed by atoms with van der Waals surface area (Å²) in [6.45, 7) is 11.2. The summed E-state index contributed by atoms with van der Waals surface area (Å²) in [6, 6.07) is 8.04. The Balaban J connectivity index is 2.33. The molecular weight excluding hydrogens is 406 g/mol. The lowest BCUT2D eigenvalue weighted by Crippen LogP contribution is -2.55. The van der Waals surface area contributed by atoms with Crippen LogP contribution in [0.2, 0.25) is 0 Å². The van der Waals surface area contributed by atoms with E-state index in [1.807, 2.05) is 26.0 Å². The van der Waals surface area contributed by atoms with Crippen LogP contribution in [0.1, 0.15) is 65.0 Å². The molecule has 1 aromatic rings. The molecule has 0 saturated carbocycles. The highest BCUT2D eigenvalue weighted by molar-refractivity contribution is 5.79. The molecule has 8 heteroatoms. The first-order valence-electron chi connectivity index (χ1n) is 11.1. The standard InChI is InChI=1S/C24H35N5O3/c1-17(15-26-28-25)20-16-29(14-6-7-21(30)31)22(32)27-24(20,5)19-10-8-18(9-11-19)12-13-23(2,3)4/h8-11,16-17H,6-7,12-15H2,1-5H3,(H,27,32)(H,30,31). The first-order valence-corrected chi connectivity index (χ1v) is 11.1. The Labute approximate surface area is 190 Å². The summed E-state index contributed by atoms with van der Waals surface area (Å²) >= 11 is 0. The number of urea groups is 1. The van der Waals surface area contributed by atoms with Gasteiger partial charge in [0.25, 0.3) is 0 Å². The summed E-state index contributed by atoms with van der Waals surface area (Å²) in [5.41, 5.74) is 11.4. The SMILES string of the molecule is CC(CN=[N+]=[N-])C1=CN(CCCC(=O)O)C(=O)NC1(C)c1ccc(CCC(C)(C)C)cc1. The normalized spacial score (nSPS) is 19.6. The third-order valence-corrected chi connectivity index (χ3v) is 5.92. The number of rotatable bonds is 10. The molecular formula is C24H35N5O3. The molecule has 0 radical (unpaired) electrons. The fourth-order valence-corrected chi connectivity index (χ4v) is 3.92. The average molecular weight is 442 g/mol. The van der Waals surface area contributed by atoms with Crippen LogP contribution < -0.4 is 5.32 Å². The first kappa shape index (κ1) is 25.3. The van der Waals surface area contributed by atoms with Gasteiger partial charge in [0.05, 0.1) is 5.54 Å². The van der Waals surface area contributed by atoms with Crippen LogP contribution in [0.15, 0.2) is 41.2 Å². The van der Waals surface area contributed by atoms with Crippen LogP contribution in [0.3, 0.4) is 0 Å². The minimum atomic E-state index is -0.889. The van der Waals surface area contributed by atoms with Crippen LogP contribution in [-0.2, 0) is 16.8 Å². The molecule has 2 rings (SSSR count). The Morgan fingerprint density at radius 3 is 2.53 bits per heavy atom. The number of hydrogen-bond donors (Lipinski definition) is 2. The Morgan fingerprint density at radius 2 is 1.97 bits per heavy atom. The maximum absolute atomic E-state index is 12.9. The average Bonchev–Trinajstić information content (AvgIpc) is 2.71. The van der Waals surface area contributed by atoms with Gasteiger partial charge in [-0.25, -0.2) is 4.79 Å². The van der Waals surface area contributed by atoms with Gasteiger partial charge in [-0.3, -0.25) is 4.79 Å². The van der Waals surface area contributed by atoms with E-state index in [0.29, 0.717) is 13.0 Å². The quantitative estimate of drug-likeness (QED) is 0.279. The summed E-state index contributed by atoms with van der Waals surface area (Å²) in [5, 5.41) is 15.7. The Bertz CT molecular complexity index is 897.